The predicted octanol–water partition coefficient (Wildman–Crippen LogP) is 3.81. The second-order valence-corrected chi connectivity index (χ2v) is 8.27. The molecule has 0 unspecified atom stereocenters. The van der Waals surface area contributed by atoms with Crippen LogP contribution in [0.3, 0.4) is 0 Å². The Balaban J connectivity index is 1.64. The van der Waals surface area contributed by atoms with Gasteiger partial charge in [-0.1, -0.05) is 37.3 Å². The highest BCUT2D eigenvalue weighted by Gasteiger charge is 2.16. The van der Waals surface area contributed by atoms with E-state index in [0.717, 1.165) is 6.42 Å². The number of carbonyl (C=O) groups excluding carboxylic acids is 1. The van der Waals surface area contributed by atoms with E-state index in [1.165, 1.54) is 42.2 Å². The molecule has 6 nitrogen and oxygen atoms in total. The third kappa shape index (κ3) is 5.42. The minimum absolute atomic E-state index is 0.0848. The first-order valence-corrected chi connectivity index (χ1v) is 10.8. The number of amides is 1. The van der Waals surface area contributed by atoms with Crippen LogP contribution < -0.4 is 10.0 Å². The first-order valence-electron chi connectivity index (χ1n) is 9.35. The molecule has 3 aromatic rings. The van der Waals surface area contributed by atoms with Gasteiger partial charge in [0.2, 0.25) is 0 Å². The van der Waals surface area contributed by atoms with Crippen LogP contribution in [-0.4, -0.2) is 25.9 Å². The van der Waals surface area contributed by atoms with Crippen molar-refractivity contribution >= 4 is 21.6 Å². The van der Waals surface area contributed by atoms with Gasteiger partial charge in [0, 0.05) is 30.4 Å². The van der Waals surface area contributed by atoms with E-state index in [-0.39, 0.29) is 16.7 Å². The maximum absolute atomic E-state index is 12.5. The number of aromatic nitrogens is 1. The van der Waals surface area contributed by atoms with Gasteiger partial charge < -0.3 is 5.32 Å². The van der Waals surface area contributed by atoms with E-state index < -0.39 is 10.0 Å². The molecule has 2 aromatic carbocycles. The van der Waals surface area contributed by atoms with Gasteiger partial charge in [-0.15, -0.1) is 0 Å². The Morgan fingerprint density at radius 2 is 1.62 bits per heavy atom. The summed E-state index contributed by atoms with van der Waals surface area (Å²) in [7, 11) is -3.73. The Kier molecular flexibility index (Phi) is 6.61. The molecule has 0 aliphatic rings. The third-order valence-electron chi connectivity index (χ3n) is 4.63. The first-order chi connectivity index (χ1) is 14.0. The van der Waals surface area contributed by atoms with Crippen molar-refractivity contribution in [1.82, 2.24) is 10.3 Å². The van der Waals surface area contributed by atoms with Crippen molar-refractivity contribution in [2.24, 2.45) is 0 Å². The summed E-state index contributed by atoms with van der Waals surface area (Å²) in [6.07, 6.45) is 3.91. The van der Waals surface area contributed by atoms with Crippen LogP contribution in [0.4, 0.5) is 5.69 Å². The number of nitrogens with zero attached hydrogens (tertiary/aromatic N) is 1. The second kappa shape index (κ2) is 9.34. The summed E-state index contributed by atoms with van der Waals surface area (Å²) >= 11 is 0. The maximum Gasteiger partial charge on any atom is 0.261 e. The molecule has 1 atom stereocenters. The van der Waals surface area contributed by atoms with Crippen molar-refractivity contribution in [3.8, 4) is 0 Å². The molecule has 2 N–H and O–H groups in total. The van der Waals surface area contributed by atoms with Gasteiger partial charge >= 0.3 is 0 Å². The molecule has 3 rings (SSSR count). The first kappa shape index (κ1) is 20.5. The van der Waals surface area contributed by atoms with E-state index in [1.807, 2.05) is 18.2 Å². The number of hydrogen-bond acceptors (Lipinski definition) is 4. The zero-order valence-electron chi connectivity index (χ0n) is 16.1. The van der Waals surface area contributed by atoms with E-state index in [1.54, 1.807) is 12.1 Å². The minimum Gasteiger partial charge on any atom is -0.351 e. The largest absolute Gasteiger partial charge is 0.351 e. The van der Waals surface area contributed by atoms with Crippen LogP contribution >= 0.6 is 0 Å². The summed E-state index contributed by atoms with van der Waals surface area (Å²) < 4.78 is 27.4. The molecule has 0 bridgehead atoms. The lowest BCUT2D eigenvalue weighted by Crippen LogP contribution is -2.28. The van der Waals surface area contributed by atoms with Gasteiger partial charge in [-0.05, 0) is 48.4 Å². The van der Waals surface area contributed by atoms with Gasteiger partial charge in [0.15, 0.2) is 0 Å². The van der Waals surface area contributed by atoms with Crippen molar-refractivity contribution in [2.75, 3.05) is 11.3 Å². The van der Waals surface area contributed by atoms with Crippen molar-refractivity contribution in [3.05, 3.63) is 90.3 Å². The molecule has 0 aliphatic heterocycles. The topological polar surface area (TPSA) is 88.2 Å². The highest BCUT2D eigenvalue weighted by atomic mass is 32.2. The molecule has 0 saturated carbocycles. The van der Waals surface area contributed by atoms with Crippen LogP contribution in [0.25, 0.3) is 0 Å². The van der Waals surface area contributed by atoms with E-state index in [9.17, 15) is 13.2 Å². The standard InChI is InChI=1S/C22H23N3O3S/c1-2-17(18-6-4-3-5-7-18)16-24-22(26)19-8-10-21(11-9-19)29(27,28)25-20-12-14-23-15-13-20/h3-15,17H,2,16H2,1H3,(H,23,25)(H,24,26)/t17-/m0/s1. The zero-order valence-corrected chi connectivity index (χ0v) is 16.9. The normalized spacial score (nSPS) is 12.2. The van der Waals surface area contributed by atoms with Crippen molar-refractivity contribution in [3.63, 3.8) is 0 Å². The summed E-state index contributed by atoms with van der Waals surface area (Å²) in [5, 5.41) is 2.94. The summed E-state index contributed by atoms with van der Waals surface area (Å²) in [6.45, 7) is 2.60. The molecule has 0 fully saturated rings. The number of anilines is 1. The van der Waals surface area contributed by atoms with E-state index in [0.29, 0.717) is 17.8 Å². The number of hydrogen-bond donors (Lipinski definition) is 2. The summed E-state index contributed by atoms with van der Waals surface area (Å²) in [6, 6.07) is 19.0. The van der Waals surface area contributed by atoms with Crippen LogP contribution in [-0.2, 0) is 10.0 Å². The van der Waals surface area contributed by atoms with Gasteiger partial charge in [0.05, 0.1) is 10.6 Å². The second-order valence-electron chi connectivity index (χ2n) is 6.59. The number of pyridine rings is 1. The van der Waals surface area contributed by atoms with Crippen LogP contribution in [0.5, 0.6) is 0 Å². The fourth-order valence-corrected chi connectivity index (χ4v) is 4.02. The molecule has 150 valence electrons. The highest BCUT2D eigenvalue weighted by Crippen LogP contribution is 2.19. The van der Waals surface area contributed by atoms with Crippen LogP contribution in [0.15, 0.2) is 84.0 Å². The smallest absolute Gasteiger partial charge is 0.261 e. The third-order valence-corrected chi connectivity index (χ3v) is 6.03. The van der Waals surface area contributed by atoms with Crippen LogP contribution in [0.1, 0.15) is 35.2 Å². The number of sulfonamides is 1. The predicted molar refractivity (Wildman–Crippen MR) is 113 cm³/mol. The van der Waals surface area contributed by atoms with Gasteiger partial charge in [-0.3, -0.25) is 14.5 Å². The lowest BCUT2D eigenvalue weighted by molar-refractivity contribution is 0.0951. The number of rotatable bonds is 8. The molecule has 29 heavy (non-hydrogen) atoms. The van der Waals surface area contributed by atoms with Crippen LogP contribution in [0, 0.1) is 0 Å². The van der Waals surface area contributed by atoms with Gasteiger partial charge in [0.1, 0.15) is 0 Å². The van der Waals surface area contributed by atoms with Gasteiger partial charge in [-0.2, -0.15) is 0 Å². The number of nitrogens with one attached hydrogen (secondary N) is 2. The SMILES string of the molecule is CC[C@@H](CNC(=O)c1ccc(S(=O)(=O)Nc2ccncc2)cc1)c1ccccc1. The summed E-state index contributed by atoms with van der Waals surface area (Å²) in [4.78, 5) is 16.4. The lowest BCUT2D eigenvalue weighted by Gasteiger charge is -2.16. The molecule has 0 saturated heterocycles. The fraction of sp³-hybridized carbons (Fsp3) is 0.182. The summed E-state index contributed by atoms with van der Waals surface area (Å²) in [5.74, 6) is -0.00483. The van der Waals surface area contributed by atoms with Crippen molar-refractivity contribution in [2.45, 2.75) is 24.2 Å². The molecular weight excluding hydrogens is 386 g/mol. The van der Waals surface area contributed by atoms with E-state index in [4.69, 9.17) is 0 Å². The lowest BCUT2D eigenvalue weighted by atomic mass is 9.96. The average Bonchev–Trinajstić information content (AvgIpc) is 2.75. The van der Waals surface area contributed by atoms with E-state index >= 15 is 0 Å². The van der Waals surface area contributed by atoms with Gasteiger partial charge in [0.25, 0.3) is 15.9 Å². The van der Waals surface area contributed by atoms with E-state index in [2.05, 4.69) is 34.1 Å². The van der Waals surface area contributed by atoms with Crippen LogP contribution in [0.2, 0.25) is 0 Å². The van der Waals surface area contributed by atoms with Crippen molar-refractivity contribution in [1.29, 1.82) is 0 Å². The Morgan fingerprint density at radius 3 is 2.24 bits per heavy atom. The molecule has 1 aromatic heterocycles. The number of benzene rings is 2. The molecule has 0 aliphatic carbocycles. The zero-order chi connectivity index (χ0) is 20.7. The fourth-order valence-electron chi connectivity index (χ4n) is 2.96. The quantitative estimate of drug-likeness (QED) is 0.592. The monoisotopic (exact) mass is 409 g/mol. The van der Waals surface area contributed by atoms with Gasteiger partial charge in [-0.25, -0.2) is 8.42 Å². The summed E-state index contributed by atoms with van der Waals surface area (Å²) in [5.41, 5.74) is 2.02. The van der Waals surface area contributed by atoms with Crippen molar-refractivity contribution < 1.29 is 13.2 Å². The molecule has 1 amide bonds. The maximum atomic E-state index is 12.5. The highest BCUT2D eigenvalue weighted by molar-refractivity contribution is 7.92. The molecule has 1 heterocycles. The Labute approximate surface area is 171 Å². The molecular formula is C22H23N3O3S. The Morgan fingerprint density at radius 1 is 0.966 bits per heavy atom. The molecule has 0 radical (unpaired) electrons. The average molecular weight is 410 g/mol. The molecule has 0 spiro atoms. The Hall–Kier alpha value is -3.19. The minimum atomic E-state index is -3.73. The molecule has 7 heteroatoms. The Bertz CT molecular complexity index is 1040. The number of carbonyl (C=O) groups is 1.